The molecule has 4 N–H and O–H groups in total. The van der Waals surface area contributed by atoms with E-state index in [4.69, 9.17) is 0 Å². The Morgan fingerprint density at radius 2 is 1.64 bits per heavy atom. The van der Waals surface area contributed by atoms with Crippen molar-refractivity contribution >= 4 is 17.3 Å². The molecule has 8 heteroatoms. The van der Waals surface area contributed by atoms with Crippen molar-refractivity contribution in [2.75, 3.05) is 0 Å². The third kappa shape index (κ3) is 2.09. The maximum absolute atomic E-state index is 14.5. The van der Waals surface area contributed by atoms with Crippen LogP contribution < -0.4 is 0 Å². The predicted molar refractivity (Wildman–Crippen MR) is 92.7 cm³/mol. The molecule has 0 heterocycles. The zero-order valence-electron chi connectivity index (χ0n) is 14.6. The smallest absolute Gasteiger partial charge is 0.202 e. The summed E-state index contributed by atoms with van der Waals surface area (Å²) in [5.74, 6) is -4.43. The maximum Gasteiger partial charge on any atom is 0.202 e. The summed E-state index contributed by atoms with van der Waals surface area (Å²) in [6.45, 7) is 1.00. The van der Waals surface area contributed by atoms with Gasteiger partial charge in [-0.3, -0.25) is 14.4 Å². The number of hydrogen-bond acceptors (Lipinski definition) is 7. The lowest BCUT2D eigenvalue weighted by Gasteiger charge is -2.36. The molecular formula is C20H15FO7. The fourth-order valence-corrected chi connectivity index (χ4v) is 3.98. The average Bonchev–Trinajstić information content (AvgIpc) is 2.64. The molecule has 0 bridgehead atoms. The van der Waals surface area contributed by atoms with Crippen LogP contribution in [0.4, 0.5) is 4.39 Å². The number of ketones is 3. The Morgan fingerprint density at radius 1 is 1.04 bits per heavy atom. The minimum absolute atomic E-state index is 0.158. The van der Waals surface area contributed by atoms with Gasteiger partial charge in [0.25, 0.3) is 0 Å². The first-order chi connectivity index (χ1) is 13.1. The summed E-state index contributed by atoms with van der Waals surface area (Å²) < 4.78 is 14.5. The van der Waals surface area contributed by atoms with E-state index < -0.39 is 70.3 Å². The topological polar surface area (TPSA) is 132 Å². The molecule has 4 rings (SSSR count). The van der Waals surface area contributed by atoms with Crippen LogP contribution in [0, 0.1) is 0 Å². The summed E-state index contributed by atoms with van der Waals surface area (Å²) in [7, 11) is 0. The van der Waals surface area contributed by atoms with Gasteiger partial charge in [0.1, 0.15) is 23.4 Å². The molecule has 2 aliphatic rings. The van der Waals surface area contributed by atoms with Gasteiger partial charge in [0.2, 0.25) is 5.78 Å². The van der Waals surface area contributed by atoms with Gasteiger partial charge < -0.3 is 20.4 Å². The van der Waals surface area contributed by atoms with Gasteiger partial charge in [0.05, 0.1) is 16.7 Å². The molecule has 0 amide bonds. The van der Waals surface area contributed by atoms with Gasteiger partial charge in [-0.05, 0) is 13.0 Å². The van der Waals surface area contributed by atoms with E-state index in [1.54, 1.807) is 0 Å². The van der Waals surface area contributed by atoms with E-state index in [0.717, 1.165) is 6.92 Å². The van der Waals surface area contributed by atoms with Crippen molar-refractivity contribution in [3.8, 4) is 17.2 Å². The molecular weight excluding hydrogens is 371 g/mol. The van der Waals surface area contributed by atoms with Gasteiger partial charge in [0, 0.05) is 29.5 Å². The second kappa shape index (κ2) is 5.62. The Labute approximate surface area is 157 Å². The number of aromatic hydroxyl groups is 3. The zero-order valence-corrected chi connectivity index (χ0v) is 14.6. The monoisotopic (exact) mass is 386 g/mol. The molecule has 0 aliphatic heterocycles. The van der Waals surface area contributed by atoms with Crippen LogP contribution in [-0.4, -0.2) is 49.5 Å². The number of hydrogen-bond donors (Lipinski definition) is 4. The number of benzene rings is 2. The molecule has 0 saturated heterocycles. The van der Waals surface area contributed by atoms with Gasteiger partial charge in [-0.1, -0.05) is 12.1 Å². The molecule has 144 valence electrons. The van der Waals surface area contributed by atoms with Crippen molar-refractivity contribution in [2.45, 2.75) is 31.5 Å². The predicted octanol–water partition coefficient (Wildman–Crippen LogP) is 1.34. The van der Waals surface area contributed by atoms with E-state index >= 15 is 0 Å². The highest BCUT2D eigenvalue weighted by Gasteiger charge is 2.49. The fraction of sp³-hybridized carbons (Fsp3) is 0.250. The molecule has 2 unspecified atom stereocenters. The molecule has 2 aromatic carbocycles. The van der Waals surface area contributed by atoms with E-state index in [9.17, 15) is 39.2 Å². The number of carbonyl (C=O) groups excluding carboxylic acids is 3. The first kappa shape index (κ1) is 18.1. The number of aliphatic hydroxyl groups is 1. The highest BCUT2D eigenvalue weighted by molar-refractivity contribution is 6.31. The normalized spacial score (nSPS) is 23.0. The van der Waals surface area contributed by atoms with E-state index in [0.29, 0.717) is 0 Å². The van der Waals surface area contributed by atoms with Gasteiger partial charge >= 0.3 is 0 Å². The molecule has 28 heavy (non-hydrogen) atoms. The van der Waals surface area contributed by atoms with Gasteiger partial charge in [-0.25, -0.2) is 4.39 Å². The summed E-state index contributed by atoms with van der Waals surface area (Å²) in [4.78, 5) is 37.5. The summed E-state index contributed by atoms with van der Waals surface area (Å²) >= 11 is 0. The Balaban J connectivity index is 2.03. The molecule has 7 nitrogen and oxygen atoms in total. The van der Waals surface area contributed by atoms with Crippen molar-refractivity contribution in [1.82, 2.24) is 0 Å². The minimum atomic E-state index is -2.41. The highest BCUT2D eigenvalue weighted by Crippen LogP contribution is 2.48. The van der Waals surface area contributed by atoms with Crippen LogP contribution in [0.5, 0.6) is 17.2 Å². The van der Waals surface area contributed by atoms with Crippen molar-refractivity contribution in [1.29, 1.82) is 0 Å². The number of phenols is 3. The lowest BCUT2D eigenvalue weighted by Crippen LogP contribution is -2.52. The van der Waals surface area contributed by atoms with Crippen LogP contribution in [0.25, 0.3) is 0 Å². The number of Topliss-reactive ketones (excluding diaryl/α,β-unsaturated/α-hetero) is 1. The van der Waals surface area contributed by atoms with Crippen LogP contribution >= 0.6 is 0 Å². The molecule has 0 saturated carbocycles. The molecule has 0 fully saturated rings. The lowest BCUT2D eigenvalue weighted by molar-refractivity contribution is -0.143. The summed E-state index contributed by atoms with van der Waals surface area (Å²) in [5, 5.41) is 41.7. The summed E-state index contributed by atoms with van der Waals surface area (Å²) in [6, 6.07) is 3.84. The molecule has 2 aliphatic carbocycles. The number of rotatable bonds is 1. The Hall–Kier alpha value is -3.26. The second-order valence-electron chi connectivity index (χ2n) is 7.09. The molecule has 2 aromatic rings. The number of fused-ring (bicyclic) bond motifs is 3. The third-order valence-electron chi connectivity index (χ3n) is 5.59. The number of phenolic OH excluding ortho intramolecular Hbond substituents is 3. The molecule has 0 radical (unpaired) electrons. The van der Waals surface area contributed by atoms with E-state index in [-0.39, 0.29) is 22.3 Å². The van der Waals surface area contributed by atoms with Gasteiger partial charge in [-0.15, -0.1) is 0 Å². The third-order valence-corrected chi connectivity index (χ3v) is 5.59. The second-order valence-corrected chi connectivity index (χ2v) is 7.09. The summed E-state index contributed by atoms with van der Waals surface area (Å²) in [5.41, 5.74) is -4.24. The maximum atomic E-state index is 14.5. The van der Waals surface area contributed by atoms with Gasteiger partial charge in [-0.2, -0.15) is 0 Å². The first-order valence-electron chi connectivity index (χ1n) is 8.48. The fourth-order valence-electron chi connectivity index (χ4n) is 3.98. The number of alkyl halides is 1. The van der Waals surface area contributed by atoms with E-state index in [1.165, 1.54) is 18.2 Å². The molecule has 2 atom stereocenters. The summed E-state index contributed by atoms with van der Waals surface area (Å²) in [6.07, 6.45) is -3.36. The van der Waals surface area contributed by atoms with E-state index in [2.05, 4.69) is 0 Å². The van der Waals surface area contributed by atoms with Crippen LogP contribution in [0.2, 0.25) is 0 Å². The number of carbonyl (C=O) groups is 3. The minimum Gasteiger partial charge on any atom is -0.507 e. The van der Waals surface area contributed by atoms with E-state index in [1.807, 2.05) is 0 Å². The Bertz CT molecular complexity index is 1100. The van der Waals surface area contributed by atoms with Gasteiger partial charge in [0.15, 0.2) is 17.2 Å². The van der Waals surface area contributed by atoms with Crippen LogP contribution in [0.3, 0.4) is 0 Å². The van der Waals surface area contributed by atoms with Crippen LogP contribution in [-0.2, 0) is 17.6 Å². The largest absolute Gasteiger partial charge is 0.507 e. The van der Waals surface area contributed by atoms with Crippen LogP contribution in [0.1, 0.15) is 49.9 Å². The Morgan fingerprint density at radius 3 is 2.29 bits per heavy atom. The number of halogens is 1. The van der Waals surface area contributed by atoms with Crippen LogP contribution in [0.15, 0.2) is 18.2 Å². The van der Waals surface area contributed by atoms with Crippen molar-refractivity contribution in [2.24, 2.45) is 0 Å². The lowest BCUT2D eigenvalue weighted by atomic mass is 9.72. The quantitative estimate of drug-likeness (QED) is 0.464. The average molecular weight is 386 g/mol. The molecule has 0 aromatic heterocycles. The van der Waals surface area contributed by atoms with Crippen molar-refractivity contribution < 1.29 is 39.2 Å². The zero-order chi connectivity index (χ0) is 20.5. The standard InChI is InChI=1S/C20H15FO7/c1-7(22)20(28)6-10-9(5-12(20)21)17(25)15-14(18(10)26)16(24)8-3-2-4-11(23)13(8)19(15)27/h2-4,12,23,25-26,28H,5-6H2,1H3. The molecule has 0 spiro atoms. The highest BCUT2D eigenvalue weighted by atomic mass is 19.1. The van der Waals surface area contributed by atoms with Crippen molar-refractivity contribution in [3.63, 3.8) is 0 Å². The first-order valence-corrected chi connectivity index (χ1v) is 8.48. The van der Waals surface area contributed by atoms with Crippen molar-refractivity contribution in [3.05, 3.63) is 51.6 Å². The Kier molecular flexibility index (Phi) is 3.64. The SMILES string of the molecule is CC(=O)C1(O)Cc2c(O)c3c(c(O)c2CC1F)C(=O)c1c(O)cccc1C3=O.